The minimum Gasteiger partial charge on any atom is -0.326 e. The van der Waals surface area contributed by atoms with Crippen LogP contribution in [0.5, 0.6) is 0 Å². The van der Waals surface area contributed by atoms with E-state index in [0.29, 0.717) is 5.56 Å². The zero-order valence-corrected chi connectivity index (χ0v) is 15.5. The molecule has 4 aromatic rings. The Labute approximate surface area is 162 Å². The van der Waals surface area contributed by atoms with Crippen LogP contribution < -0.4 is 5.32 Å². The number of anilines is 1. The topological polar surface area (TPSA) is 46.4 Å². The lowest BCUT2D eigenvalue weighted by atomic mass is 9.91. The Kier molecular flexibility index (Phi) is 4.89. The van der Waals surface area contributed by atoms with E-state index >= 15 is 0 Å². The van der Waals surface area contributed by atoms with Crippen LogP contribution in [0, 0.1) is 12.7 Å². The lowest BCUT2D eigenvalue weighted by Gasteiger charge is -2.18. The van der Waals surface area contributed by atoms with Crippen LogP contribution in [0.1, 0.15) is 29.2 Å². The number of amides is 1. The number of nitrogens with one attached hydrogen (secondary N) is 1. The summed E-state index contributed by atoms with van der Waals surface area (Å²) >= 11 is 0. The zero-order chi connectivity index (χ0) is 19.5. The maximum Gasteiger partial charge on any atom is 0.225 e. The predicted molar refractivity (Wildman–Crippen MR) is 108 cm³/mol. The van der Waals surface area contributed by atoms with E-state index in [2.05, 4.69) is 10.3 Å². The first-order chi connectivity index (χ1) is 13.6. The number of aryl methyl sites for hydroxylation is 1. The molecular formula is C23H20FN3O. The second kappa shape index (κ2) is 7.64. The molecule has 5 heteroatoms. The minimum absolute atomic E-state index is 0.109. The maximum atomic E-state index is 14.6. The molecule has 2 aromatic carbocycles. The van der Waals surface area contributed by atoms with E-state index in [-0.39, 0.29) is 18.1 Å². The molecule has 0 fully saturated rings. The van der Waals surface area contributed by atoms with Crippen LogP contribution in [-0.2, 0) is 4.79 Å². The van der Waals surface area contributed by atoms with Crippen molar-refractivity contribution in [2.24, 2.45) is 0 Å². The standard InChI is InChI=1S/C23H20FN3O/c1-16-9-11-17(12-10-16)26-23(28)14-19(18-6-2-3-7-20(18)24)21-15-25-22-8-4-5-13-27(21)22/h2-13,15,19H,14H2,1H3,(H,26,28). The maximum absolute atomic E-state index is 14.6. The number of imidazole rings is 1. The smallest absolute Gasteiger partial charge is 0.225 e. The highest BCUT2D eigenvalue weighted by Gasteiger charge is 2.24. The van der Waals surface area contributed by atoms with Crippen LogP contribution in [0.3, 0.4) is 0 Å². The summed E-state index contributed by atoms with van der Waals surface area (Å²) in [4.78, 5) is 17.2. The van der Waals surface area contributed by atoms with Gasteiger partial charge in [0.1, 0.15) is 11.5 Å². The lowest BCUT2D eigenvalue weighted by molar-refractivity contribution is -0.116. The normalized spacial score (nSPS) is 12.1. The fourth-order valence-electron chi connectivity index (χ4n) is 3.38. The quantitative estimate of drug-likeness (QED) is 0.538. The summed E-state index contributed by atoms with van der Waals surface area (Å²) in [7, 11) is 0. The third-order valence-electron chi connectivity index (χ3n) is 4.81. The van der Waals surface area contributed by atoms with Crippen molar-refractivity contribution < 1.29 is 9.18 Å². The van der Waals surface area contributed by atoms with Gasteiger partial charge in [-0.05, 0) is 42.8 Å². The molecular weight excluding hydrogens is 353 g/mol. The highest BCUT2D eigenvalue weighted by molar-refractivity contribution is 5.91. The molecule has 1 atom stereocenters. The van der Waals surface area contributed by atoms with E-state index in [1.165, 1.54) is 6.07 Å². The van der Waals surface area contributed by atoms with Crippen molar-refractivity contribution >= 4 is 17.2 Å². The summed E-state index contributed by atoms with van der Waals surface area (Å²) in [6.07, 6.45) is 3.70. The van der Waals surface area contributed by atoms with Gasteiger partial charge < -0.3 is 9.72 Å². The molecule has 0 spiro atoms. The van der Waals surface area contributed by atoms with Crippen LogP contribution in [-0.4, -0.2) is 15.3 Å². The molecule has 1 N–H and O–H groups in total. The van der Waals surface area contributed by atoms with Crippen LogP contribution >= 0.6 is 0 Å². The number of hydrogen-bond acceptors (Lipinski definition) is 2. The Morgan fingerprint density at radius 1 is 1.07 bits per heavy atom. The number of rotatable bonds is 5. The highest BCUT2D eigenvalue weighted by atomic mass is 19.1. The average Bonchev–Trinajstić information content (AvgIpc) is 3.13. The van der Waals surface area contributed by atoms with Crippen molar-refractivity contribution in [1.82, 2.24) is 9.38 Å². The van der Waals surface area contributed by atoms with Gasteiger partial charge >= 0.3 is 0 Å². The van der Waals surface area contributed by atoms with Crippen molar-refractivity contribution in [2.75, 3.05) is 5.32 Å². The Morgan fingerprint density at radius 2 is 1.82 bits per heavy atom. The number of benzene rings is 2. The summed E-state index contributed by atoms with van der Waals surface area (Å²) in [5.41, 5.74) is 3.86. The third kappa shape index (κ3) is 3.64. The first-order valence-corrected chi connectivity index (χ1v) is 9.15. The number of hydrogen-bond donors (Lipinski definition) is 1. The fraction of sp³-hybridized carbons (Fsp3) is 0.130. The Morgan fingerprint density at radius 3 is 2.61 bits per heavy atom. The molecule has 2 heterocycles. The molecule has 0 aliphatic carbocycles. The Balaban J connectivity index is 1.68. The van der Waals surface area contributed by atoms with Gasteiger partial charge in [-0.3, -0.25) is 4.79 Å². The van der Waals surface area contributed by atoms with Crippen molar-refractivity contribution in [3.63, 3.8) is 0 Å². The Hall–Kier alpha value is -3.47. The molecule has 0 saturated heterocycles. The SMILES string of the molecule is Cc1ccc(NC(=O)CC(c2ccccc2F)c2cnc3ccccn23)cc1. The Bertz CT molecular complexity index is 1120. The summed E-state index contributed by atoms with van der Waals surface area (Å²) in [5.74, 6) is -0.964. The molecule has 4 rings (SSSR count). The molecule has 0 bridgehead atoms. The number of fused-ring (bicyclic) bond motifs is 1. The second-order valence-electron chi connectivity index (χ2n) is 6.80. The van der Waals surface area contributed by atoms with Crippen LogP contribution in [0.15, 0.2) is 79.1 Å². The zero-order valence-electron chi connectivity index (χ0n) is 15.5. The first-order valence-electron chi connectivity index (χ1n) is 9.15. The van der Waals surface area contributed by atoms with Crippen molar-refractivity contribution in [3.05, 3.63) is 102 Å². The van der Waals surface area contributed by atoms with E-state index in [9.17, 15) is 9.18 Å². The molecule has 4 nitrogen and oxygen atoms in total. The number of carbonyl (C=O) groups is 1. The van der Waals surface area contributed by atoms with E-state index in [4.69, 9.17) is 0 Å². The molecule has 0 radical (unpaired) electrons. The van der Waals surface area contributed by atoms with E-state index in [0.717, 1.165) is 22.6 Å². The molecule has 140 valence electrons. The number of halogens is 1. The number of aromatic nitrogens is 2. The van der Waals surface area contributed by atoms with Gasteiger partial charge in [0.2, 0.25) is 5.91 Å². The van der Waals surface area contributed by atoms with Gasteiger partial charge in [-0.2, -0.15) is 0 Å². The summed E-state index contributed by atoms with van der Waals surface area (Å²) in [5, 5.41) is 2.91. The van der Waals surface area contributed by atoms with Gasteiger partial charge in [-0.15, -0.1) is 0 Å². The molecule has 1 unspecified atom stereocenters. The third-order valence-corrected chi connectivity index (χ3v) is 4.81. The lowest BCUT2D eigenvalue weighted by Crippen LogP contribution is -2.18. The van der Waals surface area contributed by atoms with Crippen LogP contribution in [0.2, 0.25) is 0 Å². The molecule has 28 heavy (non-hydrogen) atoms. The van der Waals surface area contributed by atoms with Gasteiger partial charge in [-0.1, -0.05) is 42.0 Å². The van der Waals surface area contributed by atoms with E-state index in [1.807, 2.05) is 60.0 Å². The first kappa shape index (κ1) is 17.9. The number of pyridine rings is 1. The summed E-state index contributed by atoms with van der Waals surface area (Å²) in [6.45, 7) is 1.99. The summed E-state index contributed by atoms with van der Waals surface area (Å²) < 4.78 is 16.5. The van der Waals surface area contributed by atoms with Gasteiger partial charge in [0.15, 0.2) is 0 Å². The number of carbonyl (C=O) groups excluding carboxylic acids is 1. The monoisotopic (exact) mass is 373 g/mol. The summed E-state index contributed by atoms with van der Waals surface area (Å²) in [6, 6.07) is 19.8. The van der Waals surface area contributed by atoms with Gasteiger partial charge in [-0.25, -0.2) is 9.37 Å². The van der Waals surface area contributed by atoms with Gasteiger partial charge in [0, 0.05) is 30.4 Å². The van der Waals surface area contributed by atoms with E-state index in [1.54, 1.807) is 24.4 Å². The largest absolute Gasteiger partial charge is 0.326 e. The molecule has 0 aliphatic heterocycles. The molecule has 2 aromatic heterocycles. The van der Waals surface area contributed by atoms with Crippen LogP contribution in [0.25, 0.3) is 5.65 Å². The van der Waals surface area contributed by atoms with Crippen molar-refractivity contribution in [2.45, 2.75) is 19.3 Å². The van der Waals surface area contributed by atoms with Crippen molar-refractivity contribution in [1.29, 1.82) is 0 Å². The fourth-order valence-corrected chi connectivity index (χ4v) is 3.38. The molecule has 0 saturated carbocycles. The van der Waals surface area contributed by atoms with Gasteiger partial charge in [0.05, 0.1) is 5.69 Å². The van der Waals surface area contributed by atoms with E-state index < -0.39 is 5.92 Å². The average molecular weight is 373 g/mol. The highest BCUT2D eigenvalue weighted by Crippen LogP contribution is 2.31. The minimum atomic E-state index is -0.455. The molecule has 0 aliphatic rings. The number of nitrogens with zero attached hydrogens (tertiary/aromatic N) is 2. The molecule has 1 amide bonds. The second-order valence-corrected chi connectivity index (χ2v) is 6.80. The van der Waals surface area contributed by atoms with Crippen molar-refractivity contribution in [3.8, 4) is 0 Å². The van der Waals surface area contributed by atoms with Crippen LogP contribution in [0.4, 0.5) is 10.1 Å². The predicted octanol–water partition coefficient (Wildman–Crippen LogP) is 4.94. The van der Waals surface area contributed by atoms with Gasteiger partial charge in [0.25, 0.3) is 0 Å².